The highest BCUT2D eigenvalue weighted by molar-refractivity contribution is 6.04. The normalized spacial score (nSPS) is 19.0. The van der Waals surface area contributed by atoms with Gasteiger partial charge >= 0.3 is 0 Å². The van der Waals surface area contributed by atoms with Crippen LogP contribution in [0.1, 0.15) is 38.1 Å². The van der Waals surface area contributed by atoms with Crippen molar-refractivity contribution >= 4 is 5.78 Å². The second kappa shape index (κ2) is 4.93. The van der Waals surface area contributed by atoms with Crippen molar-refractivity contribution < 1.29 is 19.0 Å². The fourth-order valence-electron chi connectivity index (χ4n) is 3.30. The minimum Gasteiger partial charge on any atom is -0.493 e. The molecule has 0 aromatic heterocycles. The summed E-state index contributed by atoms with van der Waals surface area (Å²) in [6, 6.07) is 3.50. The first-order chi connectivity index (χ1) is 9.73. The van der Waals surface area contributed by atoms with Gasteiger partial charge in [0.1, 0.15) is 0 Å². The van der Waals surface area contributed by atoms with Gasteiger partial charge in [-0.05, 0) is 23.0 Å². The Labute approximate surface area is 126 Å². The van der Waals surface area contributed by atoms with E-state index in [0.29, 0.717) is 22.8 Å². The van der Waals surface area contributed by atoms with Crippen LogP contribution in [0.2, 0.25) is 0 Å². The predicted octanol–water partition coefficient (Wildman–Crippen LogP) is 3.58. The molecule has 0 aliphatic heterocycles. The van der Waals surface area contributed by atoms with E-state index in [0.717, 1.165) is 0 Å². The van der Waals surface area contributed by atoms with Crippen molar-refractivity contribution in [2.45, 2.75) is 27.7 Å². The van der Waals surface area contributed by atoms with E-state index in [-0.39, 0.29) is 22.5 Å². The lowest BCUT2D eigenvalue weighted by Gasteiger charge is -2.15. The van der Waals surface area contributed by atoms with Crippen LogP contribution in [0, 0.1) is 16.7 Å². The Bertz CT molecular complexity index is 558. The van der Waals surface area contributed by atoms with E-state index in [4.69, 9.17) is 14.2 Å². The first-order valence-electron chi connectivity index (χ1n) is 7.07. The molecule has 116 valence electrons. The van der Waals surface area contributed by atoms with Gasteiger partial charge in [0.15, 0.2) is 17.3 Å². The molecule has 1 fully saturated rings. The van der Waals surface area contributed by atoms with E-state index < -0.39 is 0 Å². The number of rotatable bonds is 5. The number of benzene rings is 1. The zero-order chi connectivity index (χ0) is 16.0. The van der Waals surface area contributed by atoms with Crippen molar-refractivity contribution in [2.75, 3.05) is 21.3 Å². The van der Waals surface area contributed by atoms with Crippen molar-refractivity contribution in [2.24, 2.45) is 16.7 Å². The summed E-state index contributed by atoms with van der Waals surface area (Å²) in [4.78, 5) is 12.9. The molecule has 0 N–H and O–H groups in total. The quantitative estimate of drug-likeness (QED) is 0.778. The molecule has 0 heterocycles. The van der Waals surface area contributed by atoms with E-state index in [9.17, 15) is 4.79 Å². The van der Waals surface area contributed by atoms with Gasteiger partial charge in [-0.3, -0.25) is 4.79 Å². The molecule has 0 amide bonds. The second-order valence-electron chi connectivity index (χ2n) is 6.62. The number of ketones is 1. The third-order valence-electron chi connectivity index (χ3n) is 5.25. The number of methoxy groups -OCH3 is 3. The third-order valence-corrected chi connectivity index (χ3v) is 5.25. The van der Waals surface area contributed by atoms with Crippen LogP contribution in [0.4, 0.5) is 0 Å². The van der Waals surface area contributed by atoms with E-state index in [2.05, 4.69) is 27.7 Å². The van der Waals surface area contributed by atoms with Crippen LogP contribution in [0.25, 0.3) is 0 Å². The first-order valence-corrected chi connectivity index (χ1v) is 7.07. The number of hydrogen-bond acceptors (Lipinski definition) is 4. The number of carbonyl (C=O) groups excluding carboxylic acids is 1. The first kappa shape index (κ1) is 15.7. The lowest BCUT2D eigenvalue weighted by Crippen LogP contribution is -2.10. The number of ether oxygens (including phenoxy) is 3. The Morgan fingerprint density at radius 3 is 1.81 bits per heavy atom. The molecular weight excluding hydrogens is 268 g/mol. The molecule has 2 rings (SSSR count). The van der Waals surface area contributed by atoms with Crippen molar-refractivity contribution in [3.63, 3.8) is 0 Å². The minimum absolute atomic E-state index is 0.0116. The van der Waals surface area contributed by atoms with Crippen LogP contribution in [0.15, 0.2) is 12.1 Å². The standard InChI is InChI=1S/C17H24O4/c1-16(2)15(17(16,3)4)12(18)10-8-9-11(19-5)14(21-7)13(10)20-6/h8-9,15H,1-7H3. The highest BCUT2D eigenvalue weighted by atomic mass is 16.5. The van der Waals surface area contributed by atoms with Crippen LogP contribution in [0.3, 0.4) is 0 Å². The maximum absolute atomic E-state index is 12.9. The highest BCUT2D eigenvalue weighted by Gasteiger charge is 2.68. The second-order valence-corrected chi connectivity index (χ2v) is 6.62. The SMILES string of the molecule is COc1ccc(C(=O)C2C(C)(C)C2(C)C)c(OC)c1OC. The topological polar surface area (TPSA) is 44.8 Å². The summed E-state index contributed by atoms with van der Waals surface area (Å²) in [5.74, 6) is 1.54. The van der Waals surface area contributed by atoms with Crippen LogP contribution in [-0.2, 0) is 0 Å². The molecule has 0 unspecified atom stereocenters. The smallest absolute Gasteiger partial charge is 0.204 e. The summed E-state index contributed by atoms with van der Waals surface area (Å²) < 4.78 is 16.0. The van der Waals surface area contributed by atoms with Crippen molar-refractivity contribution in [1.29, 1.82) is 0 Å². The van der Waals surface area contributed by atoms with Crippen molar-refractivity contribution in [1.82, 2.24) is 0 Å². The molecule has 0 saturated heterocycles. The Kier molecular flexibility index (Phi) is 3.68. The van der Waals surface area contributed by atoms with Crippen LogP contribution < -0.4 is 14.2 Å². The van der Waals surface area contributed by atoms with Gasteiger partial charge in [0, 0.05) is 5.92 Å². The van der Waals surface area contributed by atoms with Crippen molar-refractivity contribution in [3.8, 4) is 17.2 Å². The monoisotopic (exact) mass is 292 g/mol. The van der Waals surface area contributed by atoms with Crippen molar-refractivity contribution in [3.05, 3.63) is 17.7 Å². The summed E-state index contributed by atoms with van der Waals surface area (Å²) in [6.07, 6.45) is 0. The summed E-state index contributed by atoms with van der Waals surface area (Å²) in [7, 11) is 4.64. The summed E-state index contributed by atoms with van der Waals surface area (Å²) in [6.45, 7) is 8.51. The Morgan fingerprint density at radius 1 is 0.905 bits per heavy atom. The highest BCUT2D eigenvalue weighted by Crippen LogP contribution is 2.69. The van der Waals surface area contributed by atoms with Gasteiger partial charge in [0.25, 0.3) is 0 Å². The zero-order valence-corrected chi connectivity index (χ0v) is 13.9. The van der Waals surface area contributed by atoms with Gasteiger partial charge in [0.2, 0.25) is 5.75 Å². The minimum atomic E-state index is -0.0167. The molecular formula is C17H24O4. The maximum Gasteiger partial charge on any atom is 0.204 e. The zero-order valence-electron chi connectivity index (χ0n) is 13.9. The van der Waals surface area contributed by atoms with Gasteiger partial charge in [-0.1, -0.05) is 27.7 Å². The number of hydrogen-bond donors (Lipinski definition) is 0. The van der Waals surface area contributed by atoms with Crippen LogP contribution in [-0.4, -0.2) is 27.1 Å². The van der Waals surface area contributed by atoms with Gasteiger partial charge in [0.05, 0.1) is 26.9 Å². The third kappa shape index (κ3) is 2.08. The largest absolute Gasteiger partial charge is 0.493 e. The van der Waals surface area contributed by atoms with Gasteiger partial charge in [-0.15, -0.1) is 0 Å². The fraction of sp³-hybridized carbons (Fsp3) is 0.588. The van der Waals surface area contributed by atoms with E-state index in [1.54, 1.807) is 26.4 Å². The Balaban J connectivity index is 2.49. The molecule has 21 heavy (non-hydrogen) atoms. The molecule has 4 heteroatoms. The molecule has 0 radical (unpaired) electrons. The van der Waals surface area contributed by atoms with Gasteiger partial charge in [-0.2, -0.15) is 0 Å². The summed E-state index contributed by atoms with van der Waals surface area (Å²) >= 11 is 0. The lowest BCUT2D eigenvalue weighted by molar-refractivity contribution is 0.0941. The number of carbonyl (C=O) groups is 1. The maximum atomic E-state index is 12.9. The van der Waals surface area contributed by atoms with Crippen LogP contribution in [0.5, 0.6) is 17.2 Å². The summed E-state index contributed by atoms with van der Waals surface area (Å²) in [5.41, 5.74) is 0.531. The molecule has 4 nitrogen and oxygen atoms in total. The van der Waals surface area contributed by atoms with Gasteiger partial charge in [-0.25, -0.2) is 0 Å². The van der Waals surface area contributed by atoms with Gasteiger partial charge < -0.3 is 14.2 Å². The summed E-state index contributed by atoms with van der Waals surface area (Å²) in [5, 5.41) is 0. The molecule has 0 spiro atoms. The van der Waals surface area contributed by atoms with E-state index in [1.165, 1.54) is 7.11 Å². The Morgan fingerprint density at radius 2 is 1.43 bits per heavy atom. The number of Topliss-reactive ketones (excluding diaryl/α,β-unsaturated/α-hetero) is 1. The average Bonchev–Trinajstić information content (AvgIpc) is 2.85. The average molecular weight is 292 g/mol. The molecule has 1 aromatic carbocycles. The molecule has 0 bridgehead atoms. The molecule has 1 aliphatic carbocycles. The molecule has 1 aliphatic rings. The Hall–Kier alpha value is -1.71. The molecule has 1 saturated carbocycles. The fourth-order valence-corrected chi connectivity index (χ4v) is 3.30. The van der Waals surface area contributed by atoms with E-state index >= 15 is 0 Å². The van der Waals surface area contributed by atoms with Crippen LogP contribution >= 0.6 is 0 Å². The molecule has 1 aromatic rings. The predicted molar refractivity (Wildman–Crippen MR) is 81.5 cm³/mol. The lowest BCUT2D eigenvalue weighted by atomic mass is 9.99. The molecule has 0 atom stereocenters. The van der Waals surface area contributed by atoms with E-state index in [1.807, 2.05) is 0 Å².